The standard InChI is InChI=1S/C34H33F3N2O5/c1-32(30(40)41,44-29-15-11-27(12-16-29)34(35,36)37)20-23-8-13-28(14-9-23)43-18-17-33(22-38-31(42)39(33)2)21-24-7-10-25-5-3-4-6-26(25)19-24/h3-16,19H,17-18,20-22H2,1-2H3,(H,38,42)(H,40,41). The molecule has 0 bridgehead atoms. The molecule has 1 fully saturated rings. The Labute approximate surface area is 253 Å². The molecular formula is C34H33F3N2O5. The molecule has 4 aromatic carbocycles. The van der Waals surface area contributed by atoms with Crippen LogP contribution in [0.5, 0.6) is 11.5 Å². The molecule has 44 heavy (non-hydrogen) atoms. The number of carboxylic acid groups (broad SMARTS) is 1. The van der Waals surface area contributed by atoms with Crippen LogP contribution >= 0.6 is 0 Å². The van der Waals surface area contributed by atoms with Crippen LogP contribution in [-0.4, -0.2) is 53.3 Å². The van der Waals surface area contributed by atoms with E-state index in [1.165, 1.54) is 6.92 Å². The number of hydrogen-bond donors (Lipinski definition) is 2. The molecule has 0 aromatic heterocycles. The van der Waals surface area contributed by atoms with Crippen molar-refractivity contribution in [3.8, 4) is 11.5 Å². The largest absolute Gasteiger partial charge is 0.494 e. The van der Waals surface area contributed by atoms with Gasteiger partial charge in [-0.2, -0.15) is 13.2 Å². The van der Waals surface area contributed by atoms with E-state index in [2.05, 4.69) is 35.6 Å². The Kier molecular flexibility index (Phi) is 8.45. The van der Waals surface area contributed by atoms with Gasteiger partial charge in [0.05, 0.1) is 17.7 Å². The molecule has 2 amide bonds. The van der Waals surface area contributed by atoms with E-state index in [1.807, 2.05) is 12.1 Å². The van der Waals surface area contributed by atoms with Crippen LogP contribution in [0.4, 0.5) is 18.0 Å². The van der Waals surface area contributed by atoms with Gasteiger partial charge in [-0.3, -0.25) is 0 Å². The number of aliphatic carboxylic acids is 1. The van der Waals surface area contributed by atoms with Gasteiger partial charge >= 0.3 is 18.2 Å². The smallest absolute Gasteiger partial charge is 0.416 e. The third-order valence-corrected chi connectivity index (χ3v) is 8.21. The Bertz CT molecular complexity index is 1640. The fourth-order valence-corrected chi connectivity index (χ4v) is 5.53. The summed E-state index contributed by atoms with van der Waals surface area (Å²) in [7, 11) is 1.80. The normalized spacial score (nSPS) is 18.1. The molecule has 2 unspecified atom stereocenters. The molecule has 2 atom stereocenters. The van der Waals surface area contributed by atoms with E-state index in [1.54, 1.807) is 36.2 Å². The van der Waals surface area contributed by atoms with E-state index in [0.29, 0.717) is 37.3 Å². The van der Waals surface area contributed by atoms with E-state index in [0.717, 1.165) is 40.6 Å². The van der Waals surface area contributed by atoms with Gasteiger partial charge in [0.15, 0.2) is 0 Å². The Balaban J connectivity index is 1.22. The Morgan fingerprint density at radius 2 is 1.57 bits per heavy atom. The summed E-state index contributed by atoms with van der Waals surface area (Å²) in [6, 6.07) is 25.2. The minimum atomic E-state index is -4.50. The highest BCUT2D eigenvalue weighted by atomic mass is 19.4. The molecule has 230 valence electrons. The van der Waals surface area contributed by atoms with Crippen LogP contribution in [0.1, 0.15) is 30.0 Å². The first-order valence-corrected chi connectivity index (χ1v) is 14.2. The first kappa shape index (κ1) is 30.7. The number of likely N-dealkylation sites (N-methyl/N-ethyl adjacent to an activating group) is 1. The minimum Gasteiger partial charge on any atom is -0.494 e. The van der Waals surface area contributed by atoms with Gasteiger partial charge in [0, 0.05) is 26.4 Å². The van der Waals surface area contributed by atoms with Gasteiger partial charge in [-0.1, -0.05) is 54.6 Å². The summed E-state index contributed by atoms with van der Waals surface area (Å²) in [6.07, 6.45) is -3.30. The fraction of sp³-hybridized carbons (Fsp3) is 0.294. The lowest BCUT2D eigenvalue weighted by molar-refractivity contribution is -0.153. The van der Waals surface area contributed by atoms with Crippen molar-refractivity contribution in [2.24, 2.45) is 0 Å². The van der Waals surface area contributed by atoms with E-state index in [9.17, 15) is 27.9 Å². The highest BCUT2D eigenvalue weighted by molar-refractivity contribution is 5.83. The van der Waals surface area contributed by atoms with Crippen molar-refractivity contribution in [1.29, 1.82) is 0 Å². The molecule has 4 aromatic rings. The molecule has 1 saturated heterocycles. The third kappa shape index (κ3) is 6.74. The van der Waals surface area contributed by atoms with Gasteiger partial charge in [-0.25, -0.2) is 9.59 Å². The van der Waals surface area contributed by atoms with Crippen LogP contribution in [-0.2, 0) is 23.8 Å². The summed E-state index contributed by atoms with van der Waals surface area (Å²) in [6.45, 7) is 2.21. The second kappa shape index (κ2) is 12.1. The van der Waals surface area contributed by atoms with Gasteiger partial charge in [0.2, 0.25) is 5.60 Å². The molecule has 10 heteroatoms. The third-order valence-electron chi connectivity index (χ3n) is 8.21. The number of urea groups is 1. The number of fused-ring (bicyclic) bond motifs is 1. The molecule has 2 N–H and O–H groups in total. The monoisotopic (exact) mass is 606 g/mol. The lowest BCUT2D eigenvalue weighted by Crippen LogP contribution is -2.47. The predicted molar refractivity (Wildman–Crippen MR) is 160 cm³/mol. The number of ether oxygens (including phenoxy) is 2. The zero-order chi connectivity index (χ0) is 31.5. The van der Waals surface area contributed by atoms with E-state index in [4.69, 9.17) is 9.47 Å². The van der Waals surface area contributed by atoms with Gasteiger partial charge in [-0.05, 0) is 71.6 Å². The van der Waals surface area contributed by atoms with E-state index in [-0.39, 0.29) is 18.2 Å². The first-order chi connectivity index (χ1) is 20.9. The highest BCUT2D eigenvalue weighted by Crippen LogP contribution is 2.32. The quantitative estimate of drug-likeness (QED) is 0.198. The molecule has 1 aliphatic heterocycles. The average Bonchev–Trinajstić information content (AvgIpc) is 3.26. The van der Waals surface area contributed by atoms with Crippen molar-refractivity contribution in [3.05, 3.63) is 108 Å². The number of hydrogen-bond acceptors (Lipinski definition) is 4. The molecule has 0 saturated carbocycles. The molecule has 0 aliphatic carbocycles. The zero-order valence-electron chi connectivity index (χ0n) is 24.4. The Morgan fingerprint density at radius 1 is 0.932 bits per heavy atom. The zero-order valence-corrected chi connectivity index (χ0v) is 24.4. The topological polar surface area (TPSA) is 88.1 Å². The maximum absolute atomic E-state index is 12.9. The second-order valence-corrected chi connectivity index (χ2v) is 11.4. The number of carbonyl (C=O) groups is 2. The molecule has 1 aliphatic rings. The lowest BCUT2D eigenvalue weighted by atomic mass is 9.86. The number of carboxylic acids is 1. The Morgan fingerprint density at radius 3 is 2.18 bits per heavy atom. The Hall–Kier alpha value is -4.73. The number of nitrogens with one attached hydrogen (secondary N) is 1. The van der Waals surface area contributed by atoms with Crippen molar-refractivity contribution in [2.45, 2.75) is 43.5 Å². The number of amides is 2. The highest BCUT2D eigenvalue weighted by Gasteiger charge is 2.43. The van der Waals surface area contributed by atoms with E-state index >= 15 is 0 Å². The molecule has 0 spiro atoms. The maximum Gasteiger partial charge on any atom is 0.416 e. The molecule has 5 rings (SSSR count). The van der Waals surface area contributed by atoms with Gasteiger partial charge in [0.25, 0.3) is 0 Å². The number of carbonyl (C=O) groups excluding carboxylic acids is 1. The van der Waals surface area contributed by atoms with Gasteiger partial charge < -0.3 is 24.8 Å². The van der Waals surface area contributed by atoms with Gasteiger partial charge in [-0.15, -0.1) is 0 Å². The second-order valence-electron chi connectivity index (χ2n) is 11.4. The van der Waals surface area contributed by atoms with Crippen LogP contribution in [0, 0.1) is 0 Å². The fourth-order valence-electron chi connectivity index (χ4n) is 5.53. The van der Waals surface area contributed by atoms with Crippen molar-refractivity contribution in [3.63, 3.8) is 0 Å². The van der Waals surface area contributed by atoms with Crippen molar-refractivity contribution in [2.75, 3.05) is 20.2 Å². The summed E-state index contributed by atoms with van der Waals surface area (Å²) in [4.78, 5) is 26.3. The minimum absolute atomic E-state index is 0.0188. The SMILES string of the molecule is CN1C(=O)NCC1(CCOc1ccc(CC(C)(Oc2ccc(C(F)(F)F)cc2)C(=O)O)cc1)Cc1ccc2ccccc2c1. The van der Waals surface area contributed by atoms with Crippen LogP contribution in [0.25, 0.3) is 10.8 Å². The molecule has 0 radical (unpaired) electrons. The summed E-state index contributed by atoms with van der Waals surface area (Å²) in [5, 5.41) is 15.1. The summed E-state index contributed by atoms with van der Waals surface area (Å²) in [5.74, 6) is -0.654. The van der Waals surface area contributed by atoms with Crippen LogP contribution in [0.15, 0.2) is 91.0 Å². The number of nitrogens with zero attached hydrogens (tertiary/aromatic N) is 1. The molecule has 1 heterocycles. The van der Waals surface area contributed by atoms with Crippen LogP contribution < -0.4 is 14.8 Å². The number of rotatable bonds is 11. The van der Waals surface area contributed by atoms with Crippen molar-refractivity contribution < 1.29 is 37.3 Å². The number of alkyl halides is 3. The van der Waals surface area contributed by atoms with Crippen molar-refractivity contribution in [1.82, 2.24) is 10.2 Å². The number of halogens is 3. The summed E-state index contributed by atoms with van der Waals surface area (Å²) < 4.78 is 50.4. The average molecular weight is 607 g/mol. The predicted octanol–water partition coefficient (Wildman–Crippen LogP) is 6.73. The first-order valence-electron chi connectivity index (χ1n) is 14.2. The van der Waals surface area contributed by atoms with E-state index < -0.39 is 28.8 Å². The van der Waals surface area contributed by atoms with Gasteiger partial charge in [0.1, 0.15) is 11.5 Å². The van der Waals surface area contributed by atoms with Crippen molar-refractivity contribution >= 4 is 22.8 Å². The molecular weight excluding hydrogens is 573 g/mol. The maximum atomic E-state index is 12.9. The summed E-state index contributed by atoms with van der Waals surface area (Å²) >= 11 is 0. The van der Waals surface area contributed by atoms with Crippen LogP contribution in [0.2, 0.25) is 0 Å². The summed E-state index contributed by atoms with van der Waals surface area (Å²) in [5.41, 5.74) is -1.27. The number of benzene rings is 4. The lowest BCUT2D eigenvalue weighted by Gasteiger charge is -2.35. The molecule has 7 nitrogen and oxygen atoms in total. The van der Waals surface area contributed by atoms with Crippen LogP contribution in [0.3, 0.4) is 0 Å².